The minimum absolute atomic E-state index is 0.0138. The smallest absolute Gasteiger partial charge is 0.253 e. The molecule has 2 fully saturated rings. The maximum atomic E-state index is 13.0. The zero-order valence-corrected chi connectivity index (χ0v) is 15.9. The second-order valence-electron chi connectivity index (χ2n) is 7.96. The van der Waals surface area contributed by atoms with Crippen molar-refractivity contribution in [1.29, 1.82) is 0 Å². The predicted molar refractivity (Wildman–Crippen MR) is 104 cm³/mol. The molecule has 1 aliphatic carbocycles. The lowest BCUT2D eigenvalue weighted by Crippen LogP contribution is -2.40. The number of aromatic nitrogens is 2. The van der Waals surface area contributed by atoms with Crippen molar-refractivity contribution in [2.45, 2.75) is 51.5 Å². The van der Waals surface area contributed by atoms with Crippen LogP contribution in [0.25, 0.3) is 0 Å². The fourth-order valence-corrected chi connectivity index (χ4v) is 4.21. The molecule has 4 rings (SSSR count). The lowest BCUT2D eigenvalue weighted by Gasteiger charge is -2.34. The van der Waals surface area contributed by atoms with Crippen molar-refractivity contribution in [2.75, 3.05) is 13.1 Å². The van der Waals surface area contributed by atoms with Crippen LogP contribution in [-0.4, -0.2) is 39.2 Å². The number of rotatable bonds is 5. The molecule has 1 amide bonds. The van der Waals surface area contributed by atoms with E-state index in [9.17, 15) is 9.59 Å². The highest BCUT2D eigenvalue weighted by Gasteiger charge is 2.29. The molecule has 1 saturated heterocycles. The number of likely N-dealkylation sites (tertiary alicyclic amines) is 1. The average Bonchev–Trinajstić information content (AvgIpc) is 3.12. The Morgan fingerprint density at radius 2 is 1.96 bits per heavy atom. The first-order valence-corrected chi connectivity index (χ1v) is 10.0. The molecule has 0 unspecified atom stereocenters. The van der Waals surface area contributed by atoms with Crippen molar-refractivity contribution in [1.82, 2.24) is 14.5 Å². The molecule has 1 atom stereocenters. The minimum atomic E-state index is -0.0146. The van der Waals surface area contributed by atoms with Crippen LogP contribution >= 0.6 is 0 Å². The first-order chi connectivity index (χ1) is 13.1. The van der Waals surface area contributed by atoms with Crippen LogP contribution in [0.2, 0.25) is 0 Å². The molecule has 2 heterocycles. The molecule has 1 aromatic carbocycles. The number of hydrogen-bond donors (Lipinski definition) is 0. The van der Waals surface area contributed by atoms with E-state index in [1.807, 2.05) is 11.1 Å². The second kappa shape index (κ2) is 7.67. The number of carbonyl (C=O) groups excluding carboxylic acids is 2. The molecule has 0 N–H and O–H groups in total. The third-order valence-corrected chi connectivity index (χ3v) is 6.02. The van der Waals surface area contributed by atoms with Crippen molar-refractivity contribution in [3.63, 3.8) is 0 Å². The Morgan fingerprint density at radius 1 is 1.15 bits per heavy atom. The molecule has 27 heavy (non-hydrogen) atoms. The molecule has 0 radical (unpaired) electrons. The molecule has 1 aliphatic heterocycles. The van der Waals surface area contributed by atoms with Gasteiger partial charge in [-0.05, 0) is 50.7 Å². The molecule has 0 spiro atoms. The van der Waals surface area contributed by atoms with Crippen molar-refractivity contribution < 1.29 is 9.59 Å². The number of imidazole rings is 1. The largest absolute Gasteiger partial charge is 0.338 e. The molecule has 5 heteroatoms. The number of amides is 1. The maximum Gasteiger partial charge on any atom is 0.253 e. The van der Waals surface area contributed by atoms with E-state index >= 15 is 0 Å². The summed E-state index contributed by atoms with van der Waals surface area (Å²) in [5.41, 5.74) is 1.19. The minimum Gasteiger partial charge on any atom is -0.338 e. The number of piperidine rings is 1. The summed E-state index contributed by atoms with van der Waals surface area (Å²) in [6.07, 6.45) is 10.0. The Hall–Kier alpha value is -2.43. The van der Waals surface area contributed by atoms with Gasteiger partial charge in [-0.15, -0.1) is 0 Å². The summed E-state index contributed by atoms with van der Waals surface area (Å²) in [5, 5.41) is 0. The molecular formula is C22H27N3O2. The van der Waals surface area contributed by atoms with Gasteiger partial charge >= 0.3 is 0 Å². The van der Waals surface area contributed by atoms with Crippen molar-refractivity contribution in [3.05, 3.63) is 53.6 Å². The van der Waals surface area contributed by atoms with Gasteiger partial charge < -0.3 is 9.47 Å². The Kier molecular flexibility index (Phi) is 5.10. The Labute approximate surface area is 160 Å². The van der Waals surface area contributed by atoms with E-state index in [0.717, 1.165) is 37.7 Å². The van der Waals surface area contributed by atoms with Gasteiger partial charge in [0, 0.05) is 49.1 Å². The number of benzene rings is 1. The van der Waals surface area contributed by atoms with E-state index < -0.39 is 0 Å². The van der Waals surface area contributed by atoms with Gasteiger partial charge in [0.25, 0.3) is 5.91 Å². The Bertz CT molecular complexity index is 838. The maximum absolute atomic E-state index is 13.0. The molecule has 2 aromatic rings. The van der Waals surface area contributed by atoms with Gasteiger partial charge in [-0.1, -0.05) is 18.6 Å². The lowest BCUT2D eigenvalue weighted by atomic mass is 9.85. The summed E-state index contributed by atoms with van der Waals surface area (Å²) in [6, 6.07) is 7.06. The highest BCUT2D eigenvalue weighted by Crippen LogP contribution is 2.31. The van der Waals surface area contributed by atoms with Crippen LogP contribution in [0.5, 0.6) is 0 Å². The molecular weight excluding hydrogens is 338 g/mol. The fourth-order valence-electron chi connectivity index (χ4n) is 4.21. The van der Waals surface area contributed by atoms with Crippen LogP contribution in [0, 0.1) is 5.92 Å². The molecule has 1 aromatic heterocycles. The summed E-state index contributed by atoms with van der Waals surface area (Å²) in [4.78, 5) is 31.2. The summed E-state index contributed by atoms with van der Waals surface area (Å²) < 4.78 is 2.30. The fraction of sp³-hybridized carbons (Fsp3) is 0.500. The quantitative estimate of drug-likeness (QED) is 0.755. The molecule has 1 saturated carbocycles. The number of ketones is 1. The van der Waals surface area contributed by atoms with Gasteiger partial charge in [-0.25, -0.2) is 4.98 Å². The summed E-state index contributed by atoms with van der Waals surface area (Å²) >= 11 is 0. The SMILES string of the molecule is CC(=O)c1cccc(C(=O)N2CCC[C@H](c3nccn3CC3CCC3)C2)c1. The average molecular weight is 365 g/mol. The molecule has 142 valence electrons. The van der Waals surface area contributed by atoms with Gasteiger partial charge in [-0.3, -0.25) is 9.59 Å². The van der Waals surface area contributed by atoms with Crippen LogP contribution in [-0.2, 0) is 6.54 Å². The van der Waals surface area contributed by atoms with Gasteiger partial charge in [-0.2, -0.15) is 0 Å². The van der Waals surface area contributed by atoms with E-state index in [1.165, 1.54) is 26.2 Å². The lowest BCUT2D eigenvalue weighted by molar-refractivity contribution is 0.0702. The second-order valence-corrected chi connectivity index (χ2v) is 7.96. The van der Waals surface area contributed by atoms with Gasteiger partial charge in [0.05, 0.1) is 0 Å². The number of carbonyl (C=O) groups is 2. The summed E-state index contributed by atoms with van der Waals surface area (Å²) in [5.74, 6) is 2.19. The first kappa shape index (κ1) is 18.0. The number of hydrogen-bond acceptors (Lipinski definition) is 3. The summed E-state index contributed by atoms with van der Waals surface area (Å²) in [6.45, 7) is 4.05. The summed E-state index contributed by atoms with van der Waals surface area (Å²) in [7, 11) is 0. The zero-order chi connectivity index (χ0) is 18.8. The first-order valence-electron chi connectivity index (χ1n) is 10.0. The molecule has 5 nitrogen and oxygen atoms in total. The van der Waals surface area contributed by atoms with Crippen LogP contribution in [0.15, 0.2) is 36.7 Å². The van der Waals surface area contributed by atoms with E-state index in [2.05, 4.69) is 15.7 Å². The van der Waals surface area contributed by atoms with Crippen LogP contribution in [0.4, 0.5) is 0 Å². The third-order valence-electron chi connectivity index (χ3n) is 6.02. The Morgan fingerprint density at radius 3 is 2.70 bits per heavy atom. The highest BCUT2D eigenvalue weighted by atomic mass is 16.2. The van der Waals surface area contributed by atoms with Gasteiger partial charge in [0.15, 0.2) is 5.78 Å². The van der Waals surface area contributed by atoms with E-state index in [1.54, 1.807) is 24.3 Å². The van der Waals surface area contributed by atoms with Gasteiger partial charge in [0.2, 0.25) is 0 Å². The number of nitrogens with zero attached hydrogens (tertiary/aromatic N) is 3. The van der Waals surface area contributed by atoms with Crippen LogP contribution in [0.3, 0.4) is 0 Å². The van der Waals surface area contributed by atoms with E-state index in [4.69, 9.17) is 0 Å². The monoisotopic (exact) mass is 365 g/mol. The topological polar surface area (TPSA) is 55.2 Å². The van der Waals surface area contributed by atoms with E-state index in [0.29, 0.717) is 17.7 Å². The normalized spacial score (nSPS) is 20.3. The van der Waals surface area contributed by atoms with Crippen molar-refractivity contribution in [2.24, 2.45) is 5.92 Å². The van der Waals surface area contributed by atoms with Crippen LogP contribution in [0.1, 0.15) is 71.5 Å². The molecule has 2 aliphatic rings. The standard InChI is InChI=1S/C22H27N3O2/c1-16(26)18-7-3-8-19(13-18)22(27)25-11-4-9-20(15-25)21-23-10-12-24(21)14-17-5-2-6-17/h3,7-8,10,12-13,17,20H,2,4-6,9,11,14-15H2,1H3/t20-/m0/s1. The van der Waals surface area contributed by atoms with Gasteiger partial charge in [0.1, 0.15) is 5.82 Å². The third kappa shape index (κ3) is 3.82. The van der Waals surface area contributed by atoms with E-state index in [-0.39, 0.29) is 17.6 Å². The van der Waals surface area contributed by atoms with Crippen LogP contribution < -0.4 is 0 Å². The molecule has 0 bridgehead atoms. The Balaban J connectivity index is 1.48. The predicted octanol–water partition coefficient (Wildman–Crippen LogP) is 3.91. The van der Waals surface area contributed by atoms with Crippen molar-refractivity contribution >= 4 is 11.7 Å². The number of Topliss-reactive ketones (excluding diaryl/α,β-unsaturated/α-hetero) is 1. The zero-order valence-electron chi connectivity index (χ0n) is 15.9. The van der Waals surface area contributed by atoms with Crippen molar-refractivity contribution in [3.8, 4) is 0 Å². The highest BCUT2D eigenvalue weighted by molar-refractivity contribution is 5.99.